The van der Waals surface area contributed by atoms with Gasteiger partial charge in [0, 0.05) is 11.4 Å². The molecule has 0 heterocycles. The highest BCUT2D eigenvalue weighted by atomic mass is 35.5. The van der Waals surface area contributed by atoms with Gasteiger partial charge in [-0.15, -0.1) is 11.6 Å². The fourth-order valence-electron chi connectivity index (χ4n) is 1.36. The molecule has 1 rings (SSSR count). The first-order chi connectivity index (χ1) is 7.66. The van der Waals surface area contributed by atoms with Crippen LogP contribution in [0.3, 0.4) is 0 Å². The minimum absolute atomic E-state index is 0.0494. The van der Waals surface area contributed by atoms with Crippen molar-refractivity contribution in [2.45, 2.75) is 19.8 Å². The molecule has 0 aliphatic carbocycles. The van der Waals surface area contributed by atoms with Gasteiger partial charge in [-0.1, -0.05) is 12.1 Å². The second kappa shape index (κ2) is 6.33. The van der Waals surface area contributed by atoms with Crippen molar-refractivity contribution < 1.29 is 9.66 Å². The molecule has 0 saturated heterocycles. The number of aryl methyl sites for hydroxylation is 1. The van der Waals surface area contributed by atoms with Crippen molar-refractivity contribution in [2.75, 3.05) is 12.5 Å². The molecule has 0 atom stereocenters. The first-order valence-electron chi connectivity index (χ1n) is 5.09. The number of nitro benzene ring substituents is 1. The predicted molar refractivity (Wildman–Crippen MR) is 63.3 cm³/mol. The summed E-state index contributed by atoms with van der Waals surface area (Å²) in [6, 6.07) is 5.06. The molecule has 0 aliphatic heterocycles. The molecule has 0 amide bonds. The van der Waals surface area contributed by atoms with Crippen LogP contribution in [0.2, 0.25) is 0 Å². The van der Waals surface area contributed by atoms with Crippen molar-refractivity contribution in [3.63, 3.8) is 0 Å². The van der Waals surface area contributed by atoms with E-state index >= 15 is 0 Å². The first kappa shape index (κ1) is 12.8. The highest BCUT2D eigenvalue weighted by Crippen LogP contribution is 2.30. The second-order valence-corrected chi connectivity index (χ2v) is 3.80. The van der Waals surface area contributed by atoms with Crippen LogP contribution >= 0.6 is 11.6 Å². The maximum absolute atomic E-state index is 10.8. The number of para-hydroxylation sites is 1. The van der Waals surface area contributed by atoms with E-state index in [2.05, 4.69) is 0 Å². The van der Waals surface area contributed by atoms with Crippen LogP contribution in [0.5, 0.6) is 5.75 Å². The molecule has 4 nitrogen and oxygen atoms in total. The van der Waals surface area contributed by atoms with E-state index in [1.807, 2.05) is 0 Å². The molecule has 0 spiro atoms. The van der Waals surface area contributed by atoms with Crippen LogP contribution in [-0.2, 0) is 0 Å². The maximum Gasteiger partial charge on any atom is 0.313 e. The Morgan fingerprint density at radius 3 is 2.81 bits per heavy atom. The number of unbranched alkanes of at least 4 members (excludes halogenated alkanes) is 1. The smallest absolute Gasteiger partial charge is 0.313 e. The van der Waals surface area contributed by atoms with Crippen molar-refractivity contribution in [3.8, 4) is 5.75 Å². The van der Waals surface area contributed by atoms with Crippen LogP contribution in [0.15, 0.2) is 18.2 Å². The van der Waals surface area contributed by atoms with Crippen molar-refractivity contribution in [1.82, 2.24) is 0 Å². The third-order valence-electron chi connectivity index (χ3n) is 2.17. The molecule has 88 valence electrons. The van der Waals surface area contributed by atoms with E-state index in [-0.39, 0.29) is 5.69 Å². The van der Waals surface area contributed by atoms with Gasteiger partial charge in [0.2, 0.25) is 0 Å². The monoisotopic (exact) mass is 243 g/mol. The molecule has 0 unspecified atom stereocenters. The van der Waals surface area contributed by atoms with Gasteiger partial charge in [0.1, 0.15) is 0 Å². The summed E-state index contributed by atoms with van der Waals surface area (Å²) >= 11 is 5.53. The maximum atomic E-state index is 10.8. The van der Waals surface area contributed by atoms with E-state index in [1.54, 1.807) is 25.1 Å². The summed E-state index contributed by atoms with van der Waals surface area (Å²) in [6.07, 6.45) is 1.65. The quantitative estimate of drug-likeness (QED) is 0.333. The summed E-state index contributed by atoms with van der Waals surface area (Å²) in [4.78, 5) is 10.4. The second-order valence-electron chi connectivity index (χ2n) is 3.42. The van der Waals surface area contributed by atoms with Gasteiger partial charge in [-0.3, -0.25) is 10.1 Å². The van der Waals surface area contributed by atoms with Gasteiger partial charge >= 0.3 is 5.69 Å². The molecule has 0 fully saturated rings. The molecule has 0 aliphatic rings. The number of nitro groups is 1. The molecular formula is C11H14ClNO3. The number of nitrogens with zero attached hydrogens (tertiary/aromatic N) is 1. The minimum Gasteiger partial charge on any atom is -0.487 e. The van der Waals surface area contributed by atoms with Crippen LogP contribution in [0, 0.1) is 17.0 Å². The molecule has 0 radical (unpaired) electrons. The van der Waals surface area contributed by atoms with Gasteiger partial charge in [-0.2, -0.15) is 0 Å². The van der Waals surface area contributed by atoms with Crippen LogP contribution < -0.4 is 4.74 Å². The SMILES string of the molecule is Cc1cccc(OCCCCCl)c1[N+](=O)[O-]. The zero-order valence-electron chi connectivity index (χ0n) is 9.11. The third kappa shape index (κ3) is 3.38. The molecule has 0 bridgehead atoms. The van der Waals surface area contributed by atoms with Crippen LogP contribution in [0.1, 0.15) is 18.4 Å². The molecule has 1 aromatic carbocycles. The van der Waals surface area contributed by atoms with Crippen LogP contribution in [0.4, 0.5) is 5.69 Å². The van der Waals surface area contributed by atoms with Gasteiger partial charge in [0.05, 0.1) is 11.5 Å². The van der Waals surface area contributed by atoms with Crippen LogP contribution in [-0.4, -0.2) is 17.4 Å². The normalized spacial score (nSPS) is 10.1. The molecule has 0 N–H and O–H groups in total. The Bertz CT molecular complexity index is 368. The Morgan fingerprint density at radius 2 is 2.19 bits per heavy atom. The van der Waals surface area contributed by atoms with E-state index in [4.69, 9.17) is 16.3 Å². The highest BCUT2D eigenvalue weighted by molar-refractivity contribution is 6.17. The van der Waals surface area contributed by atoms with E-state index in [0.29, 0.717) is 23.8 Å². The first-order valence-corrected chi connectivity index (χ1v) is 5.63. The highest BCUT2D eigenvalue weighted by Gasteiger charge is 2.17. The van der Waals surface area contributed by atoms with E-state index in [0.717, 1.165) is 12.8 Å². The molecule has 1 aromatic rings. The number of benzene rings is 1. The summed E-state index contributed by atoms with van der Waals surface area (Å²) in [5, 5.41) is 10.8. The van der Waals surface area contributed by atoms with Gasteiger partial charge in [-0.05, 0) is 25.8 Å². The third-order valence-corrected chi connectivity index (χ3v) is 2.44. The predicted octanol–water partition coefficient (Wildman–Crippen LogP) is 3.30. The van der Waals surface area contributed by atoms with Crippen molar-refractivity contribution >= 4 is 17.3 Å². The molecule has 0 saturated carbocycles. The topological polar surface area (TPSA) is 52.4 Å². The Kier molecular flexibility index (Phi) is 5.05. The Labute approximate surface area is 99.3 Å². The number of hydrogen-bond donors (Lipinski definition) is 0. The lowest BCUT2D eigenvalue weighted by atomic mass is 10.2. The Morgan fingerprint density at radius 1 is 1.44 bits per heavy atom. The van der Waals surface area contributed by atoms with Gasteiger partial charge in [0.25, 0.3) is 0 Å². The Balaban J connectivity index is 2.71. The molecule has 5 heteroatoms. The molecule has 0 aromatic heterocycles. The van der Waals surface area contributed by atoms with E-state index in [9.17, 15) is 10.1 Å². The van der Waals surface area contributed by atoms with Crippen LogP contribution in [0.25, 0.3) is 0 Å². The number of ether oxygens (including phenoxy) is 1. The van der Waals surface area contributed by atoms with Gasteiger partial charge < -0.3 is 4.74 Å². The summed E-state index contributed by atoms with van der Waals surface area (Å²) < 4.78 is 5.38. The average Bonchev–Trinajstić information content (AvgIpc) is 2.24. The van der Waals surface area contributed by atoms with Crippen molar-refractivity contribution in [3.05, 3.63) is 33.9 Å². The average molecular weight is 244 g/mol. The Hall–Kier alpha value is -1.29. The summed E-state index contributed by atoms with van der Waals surface area (Å²) in [6.45, 7) is 2.15. The van der Waals surface area contributed by atoms with E-state index in [1.165, 1.54) is 0 Å². The standard InChI is InChI=1S/C11H14ClNO3/c1-9-5-4-6-10(11(9)13(14)15)16-8-3-2-7-12/h4-6H,2-3,7-8H2,1H3. The number of alkyl halides is 1. The molecule has 16 heavy (non-hydrogen) atoms. The van der Waals surface area contributed by atoms with Gasteiger partial charge in [-0.25, -0.2) is 0 Å². The lowest BCUT2D eigenvalue weighted by Crippen LogP contribution is -2.02. The van der Waals surface area contributed by atoms with Crippen molar-refractivity contribution in [1.29, 1.82) is 0 Å². The van der Waals surface area contributed by atoms with Crippen molar-refractivity contribution in [2.24, 2.45) is 0 Å². The van der Waals surface area contributed by atoms with E-state index < -0.39 is 4.92 Å². The fourth-order valence-corrected chi connectivity index (χ4v) is 1.55. The number of hydrogen-bond acceptors (Lipinski definition) is 3. The fraction of sp³-hybridized carbons (Fsp3) is 0.455. The zero-order chi connectivity index (χ0) is 12.0. The summed E-state index contributed by atoms with van der Waals surface area (Å²) in [5.41, 5.74) is 0.660. The lowest BCUT2D eigenvalue weighted by molar-refractivity contribution is -0.386. The number of halogens is 1. The summed E-state index contributed by atoms with van der Waals surface area (Å²) in [5.74, 6) is 0.916. The molecular weight excluding hydrogens is 230 g/mol. The zero-order valence-corrected chi connectivity index (χ0v) is 9.87. The van der Waals surface area contributed by atoms with Gasteiger partial charge in [0.15, 0.2) is 5.75 Å². The summed E-state index contributed by atoms with van der Waals surface area (Å²) in [7, 11) is 0. The lowest BCUT2D eigenvalue weighted by Gasteiger charge is -2.07. The minimum atomic E-state index is -0.411. The largest absolute Gasteiger partial charge is 0.487 e. The number of rotatable bonds is 6.